The van der Waals surface area contributed by atoms with E-state index in [9.17, 15) is 16.8 Å². The van der Waals surface area contributed by atoms with E-state index in [2.05, 4.69) is 14.8 Å². The van der Waals surface area contributed by atoms with E-state index in [-0.39, 0.29) is 16.3 Å². The Morgan fingerprint density at radius 2 is 1.53 bits per heavy atom. The molecule has 0 saturated carbocycles. The quantitative estimate of drug-likeness (QED) is 0.534. The summed E-state index contributed by atoms with van der Waals surface area (Å²) in [5.41, 5.74) is 0.774. The summed E-state index contributed by atoms with van der Waals surface area (Å²) in [4.78, 5) is 4.00. The fourth-order valence-electron chi connectivity index (χ4n) is 3.71. The summed E-state index contributed by atoms with van der Waals surface area (Å²) in [6.07, 6.45) is 5.60. The zero-order valence-corrected chi connectivity index (χ0v) is 19.0. The van der Waals surface area contributed by atoms with Gasteiger partial charge in [-0.3, -0.25) is 4.68 Å². The number of benzene rings is 2. The Morgan fingerprint density at radius 1 is 0.875 bits per heavy atom. The van der Waals surface area contributed by atoms with E-state index in [0.717, 1.165) is 24.8 Å². The van der Waals surface area contributed by atoms with Crippen LogP contribution in [0.2, 0.25) is 0 Å². The van der Waals surface area contributed by atoms with Gasteiger partial charge >= 0.3 is 0 Å². The number of aromatic nitrogens is 3. The first-order chi connectivity index (χ1) is 15.4. The summed E-state index contributed by atoms with van der Waals surface area (Å²) < 4.78 is 57.6. The minimum Gasteiger partial charge on any atom is -0.251 e. The molecule has 1 aliphatic rings. The number of sulfonamides is 2. The molecule has 0 aliphatic carbocycles. The summed E-state index contributed by atoms with van der Waals surface area (Å²) in [5, 5.41) is 4.07. The molecule has 4 rings (SSSR count). The third-order valence-electron chi connectivity index (χ3n) is 5.42. The van der Waals surface area contributed by atoms with Crippen LogP contribution in [-0.2, 0) is 26.6 Å². The first kappa shape index (κ1) is 22.6. The van der Waals surface area contributed by atoms with Gasteiger partial charge in [0.2, 0.25) is 20.0 Å². The molecule has 0 bridgehead atoms. The molecule has 0 amide bonds. The van der Waals surface area contributed by atoms with Crippen molar-refractivity contribution in [2.75, 3.05) is 13.1 Å². The third kappa shape index (κ3) is 5.07. The Kier molecular flexibility index (Phi) is 6.70. The van der Waals surface area contributed by atoms with Crippen molar-refractivity contribution >= 4 is 20.0 Å². The molecule has 1 unspecified atom stereocenters. The summed E-state index contributed by atoms with van der Waals surface area (Å²) in [7, 11) is -7.54. The van der Waals surface area contributed by atoms with Gasteiger partial charge in [-0.05, 0) is 42.7 Å². The molecule has 1 fully saturated rings. The maximum atomic E-state index is 13.1. The van der Waals surface area contributed by atoms with Crippen molar-refractivity contribution in [1.82, 2.24) is 23.8 Å². The Morgan fingerprint density at radius 3 is 2.16 bits per heavy atom. The van der Waals surface area contributed by atoms with E-state index in [1.54, 1.807) is 4.68 Å². The molecule has 1 saturated heterocycles. The summed E-state index contributed by atoms with van der Waals surface area (Å²) in [6, 6.07) is 14.0. The Hall–Kier alpha value is -2.60. The highest BCUT2D eigenvalue weighted by Crippen LogP contribution is 2.23. The molecule has 0 radical (unpaired) electrons. The highest BCUT2D eigenvalue weighted by atomic mass is 32.2. The van der Waals surface area contributed by atoms with Crippen molar-refractivity contribution < 1.29 is 16.8 Å². The molecule has 3 aromatic rings. The van der Waals surface area contributed by atoms with Gasteiger partial charge in [-0.25, -0.2) is 26.5 Å². The summed E-state index contributed by atoms with van der Waals surface area (Å²) in [5.74, 6) is 0. The number of piperidine rings is 1. The molecule has 0 spiro atoms. The lowest BCUT2D eigenvalue weighted by Crippen LogP contribution is -2.35. The standard InChI is InChI=1S/C21H25N5O4S2/c27-31(28,24-21(15-25-17-22-16-23-25)18-7-3-1-4-8-18)19-9-11-20(12-10-19)32(29,30)26-13-5-2-6-14-26/h1,3-4,7-12,16-17,21,24H,2,5-6,13-15H2. The van der Waals surface area contributed by atoms with Gasteiger partial charge in [0, 0.05) is 13.1 Å². The number of hydrogen-bond donors (Lipinski definition) is 1. The van der Waals surface area contributed by atoms with Gasteiger partial charge in [0.15, 0.2) is 0 Å². The fraction of sp³-hybridized carbons (Fsp3) is 0.333. The average Bonchev–Trinajstić information content (AvgIpc) is 3.33. The van der Waals surface area contributed by atoms with Crippen LogP contribution in [0.3, 0.4) is 0 Å². The summed E-state index contributed by atoms with van der Waals surface area (Å²) in [6.45, 7) is 1.24. The molecule has 1 N–H and O–H groups in total. The van der Waals surface area contributed by atoms with E-state index in [4.69, 9.17) is 0 Å². The molecular weight excluding hydrogens is 450 g/mol. The van der Waals surface area contributed by atoms with Gasteiger partial charge in [0.25, 0.3) is 0 Å². The van der Waals surface area contributed by atoms with Gasteiger partial charge in [-0.15, -0.1) is 0 Å². The monoisotopic (exact) mass is 475 g/mol. The molecule has 2 aromatic carbocycles. The number of hydrogen-bond acceptors (Lipinski definition) is 6. The number of rotatable bonds is 8. The lowest BCUT2D eigenvalue weighted by Gasteiger charge is -2.26. The minimum atomic E-state index is -3.92. The highest BCUT2D eigenvalue weighted by molar-refractivity contribution is 7.89. The molecular formula is C21H25N5O4S2. The van der Waals surface area contributed by atoms with Gasteiger partial charge in [0.1, 0.15) is 12.7 Å². The van der Waals surface area contributed by atoms with Crippen LogP contribution in [0.1, 0.15) is 30.9 Å². The molecule has 170 valence electrons. The lowest BCUT2D eigenvalue weighted by atomic mass is 10.1. The van der Waals surface area contributed by atoms with Crippen molar-refractivity contribution in [2.45, 2.75) is 41.6 Å². The van der Waals surface area contributed by atoms with E-state index in [0.29, 0.717) is 13.1 Å². The van der Waals surface area contributed by atoms with Crippen molar-refractivity contribution in [3.8, 4) is 0 Å². The molecule has 11 heteroatoms. The zero-order valence-electron chi connectivity index (χ0n) is 17.4. The predicted octanol–water partition coefficient (Wildman–Crippen LogP) is 2.17. The molecule has 2 heterocycles. The van der Waals surface area contributed by atoms with Crippen LogP contribution in [0.25, 0.3) is 0 Å². The number of nitrogens with zero attached hydrogens (tertiary/aromatic N) is 4. The van der Waals surface area contributed by atoms with E-state index in [1.807, 2.05) is 30.3 Å². The first-order valence-electron chi connectivity index (χ1n) is 10.4. The summed E-state index contributed by atoms with van der Waals surface area (Å²) >= 11 is 0. The molecule has 32 heavy (non-hydrogen) atoms. The first-order valence-corrected chi connectivity index (χ1v) is 13.3. The normalized spacial score (nSPS) is 16.6. The molecule has 1 aromatic heterocycles. The van der Waals surface area contributed by atoms with Crippen molar-refractivity contribution in [3.05, 3.63) is 72.8 Å². The van der Waals surface area contributed by atoms with Crippen LogP contribution < -0.4 is 4.72 Å². The zero-order chi connectivity index (χ0) is 22.6. The van der Waals surface area contributed by atoms with Crippen molar-refractivity contribution in [1.29, 1.82) is 0 Å². The topological polar surface area (TPSA) is 114 Å². The second kappa shape index (κ2) is 9.49. The Balaban J connectivity index is 1.56. The van der Waals surface area contributed by atoms with Gasteiger partial charge < -0.3 is 0 Å². The SMILES string of the molecule is O=S(=O)(NC(Cn1cncn1)c1ccccc1)c1ccc(S(=O)(=O)N2CCCCC2)cc1. The minimum absolute atomic E-state index is 0.00499. The molecule has 9 nitrogen and oxygen atoms in total. The smallest absolute Gasteiger partial charge is 0.243 e. The highest BCUT2D eigenvalue weighted by Gasteiger charge is 2.27. The predicted molar refractivity (Wildman–Crippen MR) is 119 cm³/mol. The van der Waals surface area contributed by atoms with Crippen LogP contribution in [0.4, 0.5) is 0 Å². The van der Waals surface area contributed by atoms with E-state index < -0.39 is 26.1 Å². The van der Waals surface area contributed by atoms with Crippen LogP contribution in [0.5, 0.6) is 0 Å². The molecule has 1 aliphatic heterocycles. The van der Waals surface area contributed by atoms with Gasteiger partial charge in [-0.2, -0.15) is 9.40 Å². The largest absolute Gasteiger partial charge is 0.251 e. The van der Waals surface area contributed by atoms with Crippen molar-refractivity contribution in [3.63, 3.8) is 0 Å². The Labute approximate surface area is 188 Å². The van der Waals surface area contributed by atoms with E-state index >= 15 is 0 Å². The van der Waals surface area contributed by atoms with Crippen LogP contribution in [0.15, 0.2) is 77.0 Å². The van der Waals surface area contributed by atoms with Gasteiger partial charge in [-0.1, -0.05) is 36.8 Å². The fourth-order valence-corrected chi connectivity index (χ4v) is 6.44. The van der Waals surface area contributed by atoms with Crippen LogP contribution in [0, 0.1) is 0 Å². The average molecular weight is 476 g/mol. The second-order valence-electron chi connectivity index (χ2n) is 7.64. The Bertz CT molecular complexity index is 1220. The molecule has 1 atom stereocenters. The van der Waals surface area contributed by atoms with Crippen LogP contribution in [-0.4, -0.2) is 49.0 Å². The van der Waals surface area contributed by atoms with Crippen LogP contribution >= 0.6 is 0 Å². The van der Waals surface area contributed by atoms with Crippen molar-refractivity contribution in [2.24, 2.45) is 0 Å². The van der Waals surface area contributed by atoms with Gasteiger partial charge in [0.05, 0.1) is 22.4 Å². The third-order valence-corrected chi connectivity index (χ3v) is 8.82. The van der Waals surface area contributed by atoms with E-state index in [1.165, 1.54) is 41.2 Å². The number of nitrogens with one attached hydrogen (secondary N) is 1. The maximum Gasteiger partial charge on any atom is 0.243 e. The second-order valence-corrected chi connectivity index (χ2v) is 11.3. The maximum absolute atomic E-state index is 13.1. The lowest BCUT2D eigenvalue weighted by molar-refractivity contribution is 0.346.